The normalized spacial score (nSPS) is 14.3. The summed E-state index contributed by atoms with van der Waals surface area (Å²) in [6.45, 7) is 7.67. The molecule has 0 radical (unpaired) electrons. The van der Waals surface area contributed by atoms with Gasteiger partial charge in [0.05, 0.1) is 4.34 Å². The second-order valence-electron chi connectivity index (χ2n) is 5.92. The van der Waals surface area contributed by atoms with Crippen LogP contribution in [0, 0.1) is 0 Å². The van der Waals surface area contributed by atoms with Crippen molar-refractivity contribution in [2.75, 3.05) is 6.54 Å². The molecule has 1 aromatic carbocycles. The maximum atomic E-state index is 6.11. The van der Waals surface area contributed by atoms with E-state index in [0.29, 0.717) is 6.04 Å². The summed E-state index contributed by atoms with van der Waals surface area (Å²) in [7, 11) is 0. The number of rotatable bonds is 7. The van der Waals surface area contributed by atoms with Crippen LogP contribution in [-0.4, -0.2) is 12.6 Å². The van der Waals surface area contributed by atoms with Gasteiger partial charge in [-0.2, -0.15) is 0 Å². The molecule has 0 saturated carbocycles. The van der Waals surface area contributed by atoms with Crippen LogP contribution in [0.2, 0.25) is 4.34 Å². The second-order valence-corrected chi connectivity index (χ2v) is 7.72. The van der Waals surface area contributed by atoms with E-state index in [1.165, 1.54) is 10.4 Å². The number of benzene rings is 1. The number of hydrogen-bond donors (Lipinski definition) is 1. The molecule has 0 saturated heterocycles. The molecule has 0 aliphatic rings. The first kappa shape index (κ1) is 16.5. The fraction of sp³-hybridized carbons (Fsp3) is 0.444. The van der Waals surface area contributed by atoms with E-state index in [2.05, 4.69) is 62.5 Å². The van der Waals surface area contributed by atoms with Crippen LogP contribution in [0.1, 0.15) is 37.6 Å². The Balaban J connectivity index is 2.31. The first-order valence-electron chi connectivity index (χ1n) is 7.59. The van der Waals surface area contributed by atoms with Crippen LogP contribution in [0.5, 0.6) is 0 Å². The van der Waals surface area contributed by atoms with Crippen molar-refractivity contribution in [1.82, 2.24) is 5.32 Å². The Morgan fingerprint density at radius 3 is 2.38 bits per heavy atom. The molecule has 0 bridgehead atoms. The summed E-state index contributed by atoms with van der Waals surface area (Å²) >= 11 is 7.81. The molecule has 1 atom stereocenters. The maximum Gasteiger partial charge on any atom is 0.0931 e. The Kier molecular flexibility index (Phi) is 5.86. The van der Waals surface area contributed by atoms with Gasteiger partial charge in [0, 0.05) is 22.9 Å². The Bertz CT molecular complexity index is 549. The van der Waals surface area contributed by atoms with Crippen molar-refractivity contribution in [1.29, 1.82) is 0 Å². The summed E-state index contributed by atoms with van der Waals surface area (Å²) in [6, 6.07) is 15.5. The highest BCUT2D eigenvalue weighted by molar-refractivity contribution is 7.16. The van der Waals surface area contributed by atoms with Gasteiger partial charge in [-0.05, 0) is 30.5 Å². The van der Waals surface area contributed by atoms with Gasteiger partial charge in [0.1, 0.15) is 0 Å². The van der Waals surface area contributed by atoms with Gasteiger partial charge in [-0.15, -0.1) is 11.3 Å². The van der Waals surface area contributed by atoms with Crippen molar-refractivity contribution in [2.45, 2.75) is 45.1 Å². The van der Waals surface area contributed by atoms with Crippen LogP contribution < -0.4 is 5.32 Å². The first-order chi connectivity index (χ1) is 10.1. The van der Waals surface area contributed by atoms with Crippen LogP contribution >= 0.6 is 22.9 Å². The van der Waals surface area contributed by atoms with Gasteiger partial charge in [-0.3, -0.25) is 0 Å². The summed E-state index contributed by atoms with van der Waals surface area (Å²) < 4.78 is 0.875. The lowest BCUT2D eigenvalue weighted by Crippen LogP contribution is -2.42. The Morgan fingerprint density at radius 1 is 1.14 bits per heavy atom. The van der Waals surface area contributed by atoms with E-state index < -0.39 is 0 Å². The van der Waals surface area contributed by atoms with Crippen molar-refractivity contribution in [3.8, 4) is 0 Å². The van der Waals surface area contributed by atoms with Crippen LogP contribution in [0.4, 0.5) is 0 Å². The fourth-order valence-corrected chi connectivity index (χ4v) is 3.92. The summed E-state index contributed by atoms with van der Waals surface area (Å²) in [5, 5.41) is 3.63. The minimum Gasteiger partial charge on any atom is -0.314 e. The second kappa shape index (κ2) is 7.44. The molecule has 0 amide bonds. The SMILES string of the molecule is CCC(CNC(C)C)(Cc1ccc(Cl)s1)c1ccccc1. The molecular weight excluding hydrogens is 298 g/mol. The minimum atomic E-state index is 0.125. The molecule has 114 valence electrons. The van der Waals surface area contributed by atoms with E-state index >= 15 is 0 Å². The molecule has 0 aliphatic carbocycles. The Hall–Kier alpha value is -0.830. The van der Waals surface area contributed by atoms with Crippen LogP contribution in [0.3, 0.4) is 0 Å². The van der Waals surface area contributed by atoms with Crippen LogP contribution in [0.25, 0.3) is 0 Å². The van der Waals surface area contributed by atoms with Crippen molar-refractivity contribution < 1.29 is 0 Å². The van der Waals surface area contributed by atoms with E-state index in [9.17, 15) is 0 Å². The van der Waals surface area contributed by atoms with Crippen molar-refractivity contribution >= 4 is 22.9 Å². The fourth-order valence-electron chi connectivity index (χ4n) is 2.69. The average molecular weight is 322 g/mol. The molecule has 21 heavy (non-hydrogen) atoms. The highest BCUT2D eigenvalue weighted by Gasteiger charge is 2.31. The molecule has 1 heterocycles. The predicted molar refractivity (Wildman–Crippen MR) is 94.6 cm³/mol. The molecule has 0 fully saturated rings. The van der Waals surface area contributed by atoms with E-state index in [0.717, 1.165) is 23.7 Å². The zero-order chi connectivity index (χ0) is 15.3. The number of hydrogen-bond acceptors (Lipinski definition) is 2. The summed E-state index contributed by atoms with van der Waals surface area (Å²) in [5.41, 5.74) is 1.53. The standard InChI is InChI=1S/C18H24ClNS/c1-4-18(13-20-14(2)3,15-8-6-5-7-9-15)12-16-10-11-17(19)21-16/h5-11,14,20H,4,12-13H2,1-3H3. The van der Waals surface area contributed by atoms with Crippen LogP contribution in [-0.2, 0) is 11.8 Å². The van der Waals surface area contributed by atoms with Gasteiger partial charge in [-0.25, -0.2) is 0 Å². The molecule has 0 aliphatic heterocycles. The topological polar surface area (TPSA) is 12.0 Å². The molecule has 1 unspecified atom stereocenters. The van der Waals surface area contributed by atoms with Gasteiger partial charge in [0.25, 0.3) is 0 Å². The van der Waals surface area contributed by atoms with E-state index in [-0.39, 0.29) is 5.41 Å². The van der Waals surface area contributed by atoms with Crippen molar-refractivity contribution in [2.24, 2.45) is 0 Å². The third-order valence-corrected chi connectivity index (χ3v) is 5.28. The number of nitrogens with one attached hydrogen (secondary N) is 1. The molecule has 1 nitrogen and oxygen atoms in total. The van der Waals surface area contributed by atoms with Gasteiger partial charge in [0.15, 0.2) is 0 Å². The third-order valence-electron chi connectivity index (χ3n) is 4.05. The molecule has 1 N–H and O–H groups in total. The lowest BCUT2D eigenvalue weighted by atomic mass is 9.74. The van der Waals surface area contributed by atoms with Crippen molar-refractivity contribution in [3.05, 3.63) is 57.2 Å². The average Bonchev–Trinajstić information content (AvgIpc) is 2.89. The van der Waals surface area contributed by atoms with Gasteiger partial charge < -0.3 is 5.32 Å². The zero-order valence-electron chi connectivity index (χ0n) is 13.0. The summed E-state index contributed by atoms with van der Waals surface area (Å²) in [6.07, 6.45) is 2.14. The third kappa shape index (κ3) is 4.32. The number of halogens is 1. The molecule has 2 aromatic rings. The van der Waals surface area contributed by atoms with E-state index in [1.54, 1.807) is 11.3 Å². The molecule has 1 aromatic heterocycles. The van der Waals surface area contributed by atoms with E-state index in [4.69, 9.17) is 11.6 Å². The largest absolute Gasteiger partial charge is 0.314 e. The molecule has 2 rings (SSSR count). The summed E-state index contributed by atoms with van der Waals surface area (Å²) in [5.74, 6) is 0. The quantitative estimate of drug-likeness (QED) is 0.730. The van der Waals surface area contributed by atoms with Gasteiger partial charge >= 0.3 is 0 Å². The lowest BCUT2D eigenvalue weighted by molar-refractivity contribution is 0.365. The highest BCUT2D eigenvalue weighted by Crippen LogP contribution is 2.35. The van der Waals surface area contributed by atoms with Crippen molar-refractivity contribution in [3.63, 3.8) is 0 Å². The number of thiophene rings is 1. The Morgan fingerprint density at radius 2 is 1.86 bits per heavy atom. The monoisotopic (exact) mass is 321 g/mol. The van der Waals surface area contributed by atoms with Crippen LogP contribution in [0.15, 0.2) is 42.5 Å². The first-order valence-corrected chi connectivity index (χ1v) is 8.78. The minimum absolute atomic E-state index is 0.125. The Labute approximate surface area is 137 Å². The van der Waals surface area contributed by atoms with Gasteiger partial charge in [-0.1, -0.05) is 62.7 Å². The molecule has 3 heteroatoms. The summed E-state index contributed by atoms with van der Waals surface area (Å²) in [4.78, 5) is 1.36. The maximum absolute atomic E-state index is 6.11. The van der Waals surface area contributed by atoms with E-state index in [1.807, 2.05) is 6.07 Å². The smallest absolute Gasteiger partial charge is 0.0931 e. The zero-order valence-corrected chi connectivity index (χ0v) is 14.6. The lowest BCUT2D eigenvalue weighted by Gasteiger charge is -2.34. The highest BCUT2D eigenvalue weighted by atomic mass is 35.5. The predicted octanol–water partition coefficient (Wildman–Crippen LogP) is 5.29. The molecule has 0 spiro atoms. The molecular formula is C18H24ClNS. The van der Waals surface area contributed by atoms with Gasteiger partial charge in [0.2, 0.25) is 0 Å².